The molecule has 0 unspecified atom stereocenters. The third kappa shape index (κ3) is 5.30. The SMILES string of the molecule is C[C@@H](C(=O)N1C(=[Se])OC[C@@H]1Cc1ccccc1)[C@@H](O)COCc1ccccc1. The van der Waals surface area contributed by atoms with Crippen LogP contribution in [0, 0.1) is 5.92 Å². The summed E-state index contributed by atoms with van der Waals surface area (Å²) in [5.41, 5.74) is 2.17. The third-order valence-corrected chi connectivity index (χ3v) is 5.54. The summed E-state index contributed by atoms with van der Waals surface area (Å²) in [5.74, 6) is -0.762. The average molecular weight is 446 g/mol. The van der Waals surface area contributed by atoms with Crippen LogP contribution in [0.2, 0.25) is 0 Å². The summed E-state index contributed by atoms with van der Waals surface area (Å²) < 4.78 is 11.7. The van der Waals surface area contributed by atoms with Crippen LogP contribution in [0.1, 0.15) is 18.1 Å². The molecule has 3 rings (SSSR count). The number of carbonyl (C=O) groups excluding carboxylic acids is 1. The van der Waals surface area contributed by atoms with Gasteiger partial charge in [0.15, 0.2) is 0 Å². The Morgan fingerprint density at radius 2 is 1.79 bits per heavy atom. The zero-order valence-electron chi connectivity index (χ0n) is 15.9. The van der Waals surface area contributed by atoms with Crippen molar-refractivity contribution in [2.45, 2.75) is 32.1 Å². The van der Waals surface area contributed by atoms with Gasteiger partial charge in [-0.2, -0.15) is 0 Å². The monoisotopic (exact) mass is 447 g/mol. The van der Waals surface area contributed by atoms with E-state index in [-0.39, 0.29) is 18.6 Å². The Kier molecular flexibility index (Phi) is 7.40. The van der Waals surface area contributed by atoms with Crippen molar-refractivity contribution in [3.8, 4) is 0 Å². The first kappa shape index (κ1) is 20.7. The molecule has 2 aromatic rings. The predicted molar refractivity (Wildman–Crippen MR) is 109 cm³/mol. The van der Waals surface area contributed by atoms with Crippen LogP contribution < -0.4 is 0 Å². The number of amides is 1. The first-order valence-electron chi connectivity index (χ1n) is 9.39. The fourth-order valence-electron chi connectivity index (χ4n) is 3.17. The summed E-state index contributed by atoms with van der Waals surface area (Å²) in [5, 5.41) is 10.5. The van der Waals surface area contributed by atoms with E-state index in [0.29, 0.717) is 24.4 Å². The first-order valence-corrected chi connectivity index (χ1v) is 10.3. The van der Waals surface area contributed by atoms with Crippen molar-refractivity contribution in [3.63, 3.8) is 0 Å². The summed E-state index contributed by atoms with van der Waals surface area (Å²) in [6.45, 7) is 2.67. The van der Waals surface area contributed by atoms with Crippen LogP contribution in [0.4, 0.5) is 0 Å². The second-order valence-electron chi connectivity index (χ2n) is 6.99. The van der Waals surface area contributed by atoms with Gasteiger partial charge in [0.1, 0.15) is 0 Å². The Labute approximate surface area is 173 Å². The maximum atomic E-state index is 13.0. The molecule has 1 aliphatic rings. The minimum absolute atomic E-state index is 0.0916. The molecule has 6 heteroatoms. The van der Waals surface area contributed by atoms with Gasteiger partial charge in [-0.3, -0.25) is 0 Å². The van der Waals surface area contributed by atoms with Crippen LogP contribution >= 0.6 is 0 Å². The Bertz CT molecular complexity index is 784. The van der Waals surface area contributed by atoms with Gasteiger partial charge in [-0.1, -0.05) is 0 Å². The van der Waals surface area contributed by atoms with E-state index >= 15 is 0 Å². The van der Waals surface area contributed by atoms with Crippen molar-refractivity contribution in [2.24, 2.45) is 5.92 Å². The number of rotatable bonds is 8. The van der Waals surface area contributed by atoms with Gasteiger partial charge < -0.3 is 0 Å². The Hall–Kier alpha value is -1.98. The molecule has 0 aliphatic carbocycles. The number of benzene rings is 2. The molecule has 0 aromatic heterocycles. The molecular formula is C22H25NO4Se. The quantitative estimate of drug-likeness (QED) is 0.630. The van der Waals surface area contributed by atoms with Crippen LogP contribution in [0.3, 0.4) is 0 Å². The molecule has 5 nitrogen and oxygen atoms in total. The molecule has 1 fully saturated rings. The third-order valence-electron chi connectivity index (χ3n) is 4.88. The molecule has 1 N–H and O–H groups in total. The molecule has 2 aromatic carbocycles. The molecule has 3 atom stereocenters. The van der Waals surface area contributed by atoms with Crippen LogP contribution in [0.5, 0.6) is 0 Å². The van der Waals surface area contributed by atoms with Crippen LogP contribution in [0.25, 0.3) is 0 Å². The van der Waals surface area contributed by atoms with Crippen molar-refractivity contribution in [1.82, 2.24) is 4.90 Å². The molecule has 0 saturated carbocycles. The summed E-state index contributed by atoms with van der Waals surface area (Å²) in [4.78, 5) is 14.7. The van der Waals surface area contributed by atoms with E-state index in [1.165, 1.54) is 0 Å². The molecule has 28 heavy (non-hydrogen) atoms. The van der Waals surface area contributed by atoms with E-state index < -0.39 is 12.0 Å². The number of carbonyl (C=O) groups is 1. The molecule has 0 radical (unpaired) electrons. The Balaban J connectivity index is 1.56. The summed E-state index contributed by atoms with van der Waals surface area (Å²) in [7, 11) is 0. The predicted octanol–water partition coefficient (Wildman–Crippen LogP) is 1.93. The van der Waals surface area contributed by atoms with E-state index in [9.17, 15) is 9.90 Å². The van der Waals surface area contributed by atoms with E-state index in [2.05, 4.69) is 15.6 Å². The van der Waals surface area contributed by atoms with Crippen molar-refractivity contribution in [1.29, 1.82) is 0 Å². The van der Waals surface area contributed by atoms with Gasteiger partial charge in [-0.15, -0.1) is 0 Å². The van der Waals surface area contributed by atoms with Crippen molar-refractivity contribution >= 4 is 26.2 Å². The Morgan fingerprint density at radius 1 is 1.18 bits per heavy atom. The van der Waals surface area contributed by atoms with E-state index in [4.69, 9.17) is 9.47 Å². The fraction of sp³-hybridized carbons (Fsp3) is 0.364. The van der Waals surface area contributed by atoms with Gasteiger partial charge in [0, 0.05) is 0 Å². The fourth-order valence-corrected chi connectivity index (χ4v) is 3.81. The summed E-state index contributed by atoms with van der Waals surface area (Å²) in [6, 6.07) is 19.7. The second kappa shape index (κ2) is 9.99. The normalized spacial score (nSPS) is 18.6. The molecule has 1 amide bonds. The summed E-state index contributed by atoms with van der Waals surface area (Å²) >= 11 is 2.83. The van der Waals surface area contributed by atoms with Gasteiger partial charge in [-0.05, 0) is 0 Å². The molecule has 1 aliphatic heterocycles. The second-order valence-corrected chi connectivity index (χ2v) is 7.72. The number of aliphatic hydroxyl groups excluding tert-OH is 1. The van der Waals surface area contributed by atoms with E-state index in [0.717, 1.165) is 11.1 Å². The average Bonchev–Trinajstić information content (AvgIpc) is 3.08. The summed E-state index contributed by atoms with van der Waals surface area (Å²) in [6.07, 6.45) is -0.188. The van der Waals surface area contributed by atoms with Gasteiger partial charge >= 0.3 is 174 Å². The zero-order valence-corrected chi connectivity index (χ0v) is 17.6. The van der Waals surface area contributed by atoms with Gasteiger partial charge in [0.25, 0.3) is 0 Å². The van der Waals surface area contributed by atoms with Crippen molar-refractivity contribution in [3.05, 3.63) is 71.8 Å². The number of nitrogens with zero attached hydrogens (tertiary/aromatic N) is 1. The zero-order chi connectivity index (χ0) is 19.9. The standard InChI is InChI=1S/C22H25NO4Se/c1-16(20(24)15-26-13-18-10-6-3-7-11-18)21(25)23-19(14-27-22(23)28)12-17-8-4-2-5-9-17/h2-11,16,19-20,24H,12-15H2,1H3/t16-,19+,20+/m1/s1. The molecule has 0 spiro atoms. The number of aliphatic hydroxyl groups is 1. The number of hydrogen-bond donors (Lipinski definition) is 1. The van der Waals surface area contributed by atoms with Crippen LogP contribution in [0.15, 0.2) is 60.7 Å². The number of ether oxygens (including phenoxy) is 2. The van der Waals surface area contributed by atoms with E-state index in [1.807, 2.05) is 60.7 Å². The van der Waals surface area contributed by atoms with Crippen LogP contribution in [-0.4, -0.2) is 61.6 Å². The molecule has 1 saturated heterocycles. The molecule has 0 bridgehead atoms. The molecular weight excluding hydrogens is 421 g/mol. The van der Waals surface area contributed by atoms with Gasteiger partial charge in [-0.25, -0.2) is 0 Å². The van der Waals surface area contributed by atoms with Crippen molar-refractivity contribution in [2.75, 3.05) is 13.2 Å². The minimum atomic E-state index is -0.887. The van der Waals surface area contributed by atoms with Crippen molar-refractivity contribution < 1.29 is 19.4 Å². The van der Waals surface area contributed by atoms with E-state index in [1.54, 1.807) is 11.8 Å². The molecule has 1 heterocycles. The topological polar surface area (TPSA) is 59.0 Å². The number of hydrogen-bond acceptors (Lipinski definition) is 4. The Morgan fingerprint density at radius 3 is 2.43 bits per heavy atom. The van der Waals surface area contributed by atoms with Gasteiger partial charge in [0.05, 0.1) is 0 Å². The van der Waals surface area contributed by atoms with Crippen LogP contribution in [-0.2, 0) is 27.3 Å². The molecule has 148 valence electrons. The first-order chi connectivity index (χ1) is 13.6. The van der Waals surface area contributed by atoms with Gasteiger partial charge in [0.2, 0.25) is 0 Å². The maximum absolute atomic E-state index is 13.0.